The average molecular weight is 217 g/mol. The van der Waals surface area contributed by atoms with Crippen LogP contribution in [0.25, 0.3) is 0 Å². The van der Waals surface area contributed by atoms with Gasteiger partial charge in [-0.25, -0.2) is 9.89 Å². The fraction of sp³-hybridized carbons (Fsp3) is 0.750. The van der Waals surface area contributed by atoms with Crippen molar-refractivity contribution in [3.8, 4) is 0 Å². The molecule has 0 saturated heterocycles. The number of hydrogen-bond acceptors (Lipinski definition) is 4. The van der Waals surface area contributed by atoms with Crippen molar-refractivity contribution in [2.24, 2.45) is 7.05 Å². The molecule has 1 rings (SSSR count). The van der Waals surface area contributed by atoms with E-state index in [1.54, 1.807) is 20.9 Å². The summed E-state index contributed by atoms with van der Waals surface area (Å²) < 4.78 is 1.45. The average Bonchev–Trinajstić information content (AvgIpc) is 2.33. The van der Waals surface area contributed by atoms with E-state index >= 15 is 0 Å². The molecule has 0 aliphatic carbocycles. The van der Waals surface area contributed by atoms with Gasteiger partial charge in [0.2, 0.25) is 0 Å². The minimum absolute atomic E-state index is 0.212. The van der Waals surface area contributed by atoms with Crippen LogP contribution in [0.5, 0.6) is 0 Å². The highest BCUT2D eigenvalue weighted by atomic mass is 32.2. The molecular weight excluding hydrogens is 202 g/mol. The third-order valence-corrected chi connectivity index (χ3v) is 2.82. The monoisotopic (exact) mass is 217 g/mol. The molecule has 1 aromatic heterocycles. The summed E-state index contributed by atoms with van der Waals surface area (Å²) in [7, 11) is 1.66. The molecule has 0 spiro atoms. The topological polar surface area (TPSA) is 70.9 Å². The lowest BCUT2D eigenvalue weighted by Gasteiger charge is -2.15. The van der Waals surface area contributed by atoms with Gasteiger partial charge in [0.1, 0.15) is 0 Å². The van der Waals surface area contributed by atoms with Crippen molar-refractivity contribution in [2.45, 2.75) is 31.0 Å². The van der Waals surface area contributed by atoms with Gasteiger partial charge >= 0.3 is 5.69 Å². The van der Waals surface area contributed by atoms with Gasteiger partial charge in [-0.3, -0.25) is 4.57 Å². The molecule has 0 saturated carbocycles. The van der Waals surface area contributed by atoms with Gasteiger partial charge in [-0.2, -0.15) is 0 Å². The SMILES string of the molecule is Cn1c(SCCC(C)(C)O)n[nH]c1=O. The zero-order chi connectivity index (χ0) is 10.8. The van der Waals surface area contributed by atoms with Crippen molar-refractivity contribution in [1.29, 1.82) is 0 Å². The van der Waals surface area contributed by atoms with Crippen molar-refractivity contribution in [3.05, 3.63) is 10.5 Å². The lowest BCUT2D eigenvalue weighted by Crippen LogP contribution is -2.19. The Kier molecular flexibility index (Phi) is 3.38. The smallest absolute Gasteiger partial charge is 0.343 e. The van der Waals surface area contributed by atoms with Gasteiger partial charge in [0.15, 0.2) is 5.16 Å². The van der Waals surface area contributed by atoms with Crippen LogP contribution < -0.4 is 5.69 Å². The second-order valence-corrected chi connectivity index (χ2v) is 4.84. The van der Waals surface area contributed by atoms with Crippen LogP contribution in [0.4, 0.5) is 0 Å². The molecule has 0 radical (unpaired) electrons. The van der Waals surface area contributed by atoms with Crippen LogP contribution in [-0.4, -0.2) is 31.2 Å². The minimum atomic E-state index is -0.665. The van der Waals surface area contributed by atoms with Crippen LogP contribution in [-0.2, 0) is 7.05 Å². The van der Waals surface area contributed by atoms with Crippen LogP contribution >= 0.6 is 11.8 Å². The summed E-state index contributed by atoms with van der Waals surface area (Å²) in [5, 5.41) is 16.3. The Morgan fingerprint density at radius 3 is 2.71 bits per heavy atom. The standard InChI is InChI=1S/C8H15N3O2S/c1-8(2,13)4-5-14-7-10-9-6(12)11(7)3/h13H,4-5H2,1-3H3,(H,9,12). The molecule has 2 N–H and O–H groups in total. The maximum absolute atomic E-state index is 11.0. The Bertz CT molecular complexity index is 350. The summed E-state index contributed by atoms with van der Waals surface area (Å²) >= 11 is 1.46. The molecule has 14 heavy (non-hydrogen) atoms. The maximum Gasteiger partial charge on any atom is 0.343 e. The number of H-pyrrole nitrogens is 1. The quantitative estimate of drug-likeness (QED) is 0.714. The first kappa shape index (κ1) is 11.3. The van der Waals surface area contributed by atoms with E-state index in [-0.39, 0.29) is 5.69 Å². The largest absolute Gasteiger partial charge is 0.390 e. The summed E-state index contributed by atoms with van der Waals surface area (Å²) in [4.78, 5) is 11.0. The molecule has 0 fully saturated rings. The van der Waals surface area contributed by atoms with Gasteiger partial charge in [-0.1, -0.05) is 11.8 Å². The van der Waals surface area contributed by atoms with Crippen LogP contribution in [0.15, 0.2) is 9.95 Å². The normalized spacial score (nSPS) is 12.0. The first-order chi connectivity index (χ1) is 6.40. The molecule has 5 nitrogen and oxygen atoms in total. The lowest BCUT2D eigenvalue weighted by molar-refractivity contribution is 0.0777. The zero-order valence-electron chi connectivity index (χ0n) is 8.57. The predicted molar refractivity (Wildman–Crippen MR) is 55.5 cm³/mol. The van der Waals surface area contributed by atoms with Gasteiger partial charge < -0.3 is 5.11 Å². The molecule has 6 heteroatoms. The Balaban J connectivity index is 2.47. The molecule has 1 heterocycles. The molecule has 0 aromatic carbocycles. The first-order valence-electron chi connectivity index (χ1n) is 4.37. The number of nitrogens with zero attached hydrogens (tertiary/aromatic N) is 2. The summed E-state index contributed by atoms with van der Waals surface area (Å²) in [5.74, 6) is 0.738. The predicted octanol–water partition coefficient (Wildman–Crippen LogP) is 0.362. The highest BCUT2D eigenvalue weighted by molar-refractivity contribution is 7.99. The van der Waals surface area contributed by atoms with E-state index in [0.717, 1.165) is 5.75 Å². The van der Waals surface area contributed by atoms with Crippen molar-refractivity contribution in [2.75, 3.05) is 5.75 Å². The van der Waals surface area contributed by atoms with E-state index in [1.807, 2.05) is 0 Å². The molecule has 0 bridgehead atoms. The second-order valence-electron chi connectivity index (χ2n) is 3.78. The molecule has 0 aliphatic heterocycles. The molecule has 0 atom stereocenters. The van der Waals surface area contributed by atoms with Gasteiger partial charge in [-0.15, -0.1) is 5.10 Å². The summed E-state index contributed by atoms with van der Waals surface area (Å²) in [6.07, 6.45) is 0.665. The summed E-state index contributed by atoms with van der Waals surface area (Å²) in [6, 6.07) is 0. The summed E-state index contributed by atoms with van der Waals surface area (Å²) in [6.45, 7) is 3.52. The highest BCUT2D eigenvalue weighted by Gasteiger charge is 2.13. The molecule has 1 aromatic rings. The van der Waals surface area contributed by atoms with Crippen LogP contribution in [0.1, 0.15) is 20.3 Å². The third-order valence-electron chi connectivity index (χ3n) is 1.78. The number of thioether (sulfide) groups is 1. The van der Waals surface area contributed by atoms with Gasteiger partial charge in [0.05, 0.1) is 5.60 Å². The molecule has 0 unspecified atom stereocenters. The number of rotatable bonds is 4. The number of aromatic nitrogens is 3. The van der Waals surface area contributed by atoms with Crippen LogP contribution in [0, 0.1) is 0 Å². The van der Waals surface area contributed by atoms with E-state index in [9.17, 15) is 9.90 Å². The summed E-state index contributed by atoms with van der Waals surface area (Å²) in [5.41, 5.74) is -0.877. The van der Waals surface area contributed by atoms with E-state index in [0.29, 0.717) is 11.6 Å². The Hall–Kier alpha value is -0.750. The molecule has 0 amide bonds. The van der Waals surface area contributed by atoms with Crippen molar-refractivity contribution >= 4 is 11.8 Å². The van der Waals surface area contributed by atoms with Crippen molar-refractivity contribution < 1.29 is 5.11 Å². The van der Waals surface area contributed by atoms with Gasteiger partial charge in [-0.05, 0) is 20.3 Å². The van der Waals surface area contributed by atoms with Gasteiger partial charge in [0.25, 0.3) is 0 Å². The maximum atomic E-state index is 11.0. The lowest BCUT2D eigenvalue weighted by atomic mass is 10.1. The Labute approximate surface area is 86.5 Å². The number of nitrogens with one attached hydrogen (secondary N) is 1. The zero-order valence-corrected chi connectivity index (χ0v) is 9.39. The van der Waals surface area contributed by atoms with Crippen LogP contribution in [0.3, 0.4) is 0 Å². The minimum Gasteiger partial charge on any atom is -0.390 e. The van der Waals surface area contributed by atoms with E-state index in [1.165, 1.54) is 16.3 Å². The number of hydrogen-bond donors (Lipinski definition) is 2. The fourth-order valence-electron chi connectivity index (χ4n) is 0.854. The van der Waals surface area contributed by atoms with Crippen LogP contribution in [0.2, 0.25) is 0 Å². The van der Waals surface area contributed by atoms with E-state index in [4.69, 9.17) is 0 Å². The molecule has 80 valence electrons. The highest BCUT2D eigenvalue weighted by Crippen LogP contribution is 2.17. The Morgan fingerprint density at radius 1 is 1.64 bits per heavy atom. The number of aliphatic hydroxyl groups is 1. The van der Waals surface area contributed by atoms with E-state index in [2.05, 4.69) is 10.2 Å². The second kappa shape index (κ2) is 4.18. The Morgan fingerprint density at radius 2 is 2.29 bits per heavy atom. The van der Waals surface area contributed by atoms with Crippen molar-refractivity contribution in [3.63, 3.8) is 0 Å². The number of aromatic amines is 1. The molecule has 0 aliphatic rings. The van der Waals surface area contributed by atoms with Gasteiger partial charge in [0, 0.05) is 12.8 Å². The van der Waals surface area contributed by atoms with Crippen molar-refractivity contribution in [1.82, 2.24) is 14.8 Å². The third kappa shape index (κ3) is 3.19. The molecular formula is C8H15N3O2S. The first-order valence-corrected chi connectivity index (χ1v) is 5.35. The fourth-order valence-corrected chi connectivity index (χ4v) is 2.02. The van der Waals surface area contributed by atoms with E-state index < -0.39 is 5.60 Å².